The quantitative estimate of drug-likeness (QED) is 0.935. The number of ether oxygens (including phenoxy) is 2. The molecule has 0 aliphatic rings. The van der Waals surface area contributed by atoms with Crippen LogP contribution in [0.15, 0.2) is 30.3 Å². The zero-order valence-electron chi connectivity index (χ0n) is 11.4. The smallest absolute Gasteiger partial charge is 0.179 e. The van der Waals surface area contributed by atoms with E-state index < -0.39 is 17.7 Å². The molecule has 0 fully saturated rings. The number of aliphatic hydroxyl groups is 1. The number of benzene rings is 2. The van der Waals surface area contributed by atoms with Crippen LogP contribution in [-0.4, -0.2) is 19.3 Å². The molecule has 2 aromatic carbocycles. The van der Waals surface area contributed by atoms with Gasteiger partial charge in [-0.15, -0.1) is 0 Å². The summed E-state index contributed by atoms with van der Waals surface area (Å²) in [6.45, 7) is 0. The van der Waals surface area contributed by atoms with Gasteiger partial charge in [0, 0.05) is 11.6 Å². The maximum atomic E-state index is 13.7. The van der Waals surface area contributed by atoms with E-state index in [2.05, 4.69) is 0 Å². The van der Waals surface area contributed by atoms with Crippen LogP contribution in [0.5, 0.6) is 11.5 Å². The predicted octanol–water partition coefficient (Wildman–Crippen LogP) is 3.72. The first-order chi connectivity index (χ1) is 9.97. The molecular formula is C15H13ClF2O3. The highest BCUT2D eigenvalue weighted by atomic mass is 35.5. The Morgan fingerprint density at radius 2 is 1.81 bits per heavy atom. The Morgan fingerprint density at radius 1 is 1.10 bits per heavy atom. The molecule has 0 saturated carbocycles. The minimum Gasteiger partial charge on any atom is -0.493 e. The Morgan fingerprint density at radius 3 is 2.38 bits per heavy atom. The molecule has 0 amide bonds. The molecule has 1 N–H and O–H groups in total. The summed E-state index contributed by atoms with van der Waals surface area (Å²) in [5, 5.41) is 10.5. The van der Waals surface area contributed by atoms with Crippen LogP contribution in [0.4, 0.5) is 8.78 Å². The Hall–Kier alpha value is -1.85. The van der Waals surface area contributed by atoms with E-state index in [4.69, 9.17) is 21.1 Å². The number of rotatable bonds is 4. The summed E-state index contributed by atoms with van der Waals surface area (Å²) in [7, 11) is 2.85. The summed E-state index contributed by atoms with van der Waals surface area (Å²) >= 11 is 6.04. The zero-order chi connectivity index (χ0) is 15.6. The lowest BCUT2D eigenvalue weighted by atomic mass is 10.0. The van der Waals surface area contributed by atoms with Gasteiger partial charge in [0.15, 0.2) is 11.5 Å². The summed E-state index contributed by atoms with van der Waals surface area (Å²) in [6.07, 6.45) is -1.30. The summed E-state index contributed by atoms with van der Waals surface area (Å²) in [6, 6.07) is 5.89. The van der Waals surface area contributed by atoms with Gasteiger partial charge in [0.05, 0.1) is 19.2 Å². The van der Waals surface area contributed by atoms with Crippen LogP contribution in [0.1, 0.15) is 17.2 Å². The maximum Gasteiger partial charge on any atom is 0.179 e. The summed E-state index contributed by atoms with van der Waals surface area (Å²) in [5.74, 6) is -0.932. The normalized spacial score (nSPS) is 12.1. The first-order valence-electron chi connectivity index (χ1n) is 6.02. The second-order valence-corrected chi connectivity index (χ2v) is 4.71. The number of aliphatic hydroxyl groups excluding tert-OH is 1. The Bertz CT molecular complexity index is 662. The van der Waals surface area contributed by atoms with Crippen molar-refractivity contribution in [2.24, 2.45) is 0 Å². The zero-order valence-corrected chi connectivity index (χ0v) is 12.1. The molecule has 2 rings (SSSR count). The lowest BCUT2D eigenvalue weighted by molar-refractivity contribution is 0.214. The van der Waals surface area contributed by atoms with Gasteiger partial charge in [0.2, 0.25) is 0 Å². The van der Waals surface area contributed by atoms with Crippen LogP contribution in [0.25, 0.3) is 0 Å². The summed E-state index contributed by atoms with van der Waals surface area (Å²) in [5.41, 5.74) is 0.253. The average Bonchev–Trinajstić information content (AvgIpc) is 2.45. The molecule has 0 spiro atoms. The van der Waals surface area contributed by atoms with E-state index >= 15 is 0 Å². The van der Waals surface area contributed by atoms with Gasteiger partial charge in [-0.3, -0.25) is 0 Å². The van der Waals surface area contributed by atoms with Crippen molar-refractivity contribution in [3.63, 3.8) is 0 Å². The molecule has 6 heteroatoms. The van der Waals surface area contributed by atoms with Crippen LogP contribution in [0, 0.1) is 11.6 Å². The molecule has 0 aliphatic heterocycles. The van der Waals surface area contributed by atoms with Gasteiger partial charge in [-0.25, -0.2) is 8.78 Å². The average molecular weight is 315 g/mol. The van der Waals surface area contributed by atoms with Crippen LogP contribution in [-0.2, 0) is 0 Å². The van der Waals surface area contributed by atoms with Crippen LogP contribution in [0.2, 0.25) is 5.02 Å². The van der Waals surface area contributed by atoms with Gasteiger partial charge in [-0.1, -0.05) is 17.7 Å². The lowest BCUT2D eigenvalue weighted by Gasteiger charge is -2.16. The van der Waals surface area contributed by atoms with E-state index in [9.17, 15) is 13.9 Å². The first kappa shape index (κ1) is 15.5. The monoisotopic (exact) mass is 314 g/mol. The van der Waals surface area contributed by atoms with Crippen molar-refractivity contribution in [1.29, 1.82) is 0 Å². The van der Waals surface area contributed by atoms with Crippen molar-refractivity contribution < 1.29 is 23.4 Å². The van der Waals surface area contributed by atoms with Crippen LogP contribution >= 0.6 is 11.6 Å². The van der Waals surface area contributed by atoms with Crippen molar-refractivity contribution in [2.45, 2.75) is 6.10 Å². The van der Waals surface area contributed by atoms with E-state index in [0.717, 1.165) is 6.07 Å². The van der Waals surface area contributed by atoms with Crippen molar-refractivity contribution in [2.75, 3.05) is 14.2 Å². The second kappa shape index (κ2) is 6.28. The van der Waals surface area contributed by atoms with Crippen LogP contribution in [0.3, 0.4) is 0 Å². The molecule has 2 aromatic rings. The Kier molecular flexibility index (Phi) is 4.65. The molecule has 0 aromatic heterocycles. The van der Waals surface area contributed by atoms with Crippen LogP contribution < -0.4 is 9.47 Å². The highest BCUT2D eigenvalue weighted by Gasteiger charge is 2.19. The molecule has 112 valence electrons. The van der Waals surface area contributed by atoms with E-state index in [-0.39, 0.29) is 10.6 Å². The fraction of sp³-hybridized carbons (Fsp3) is 0.200. The molecule has 1 atom stereocenters. The van der Waals surface area contributed by atoms with E-state index in [0.29, 0.717) is 23.1 Å². The standard InChI is InChI=1S/C15H13ClF2O3/c1-20-13-6-8(5-11(16)15(13)21-2)14(19)10-4-3-9(17)7-12(10)18/h3-7,14,19H,1-2H3. The largest absolute Gasteiger partial charge is 0.493 e. The van der Waals surface area contributed by atoms with Crippen molar-refractivity contribution >= 4 is 11.6 Å². The number of hydrogen-bond acceptors (Lipinski definition) is 3. The first-order valence-corrected chi connectivity index (χ1v) is 6.40. The fourth-order valence-electron chi connectivity index (χ4n) is 2.00. The second-order valence-electron chi connectivity index (χ2n) is 4.31. The number of methoxy groups -OCH3 is 2. The molecular weight excluding hydrogens is 302 g/mol. The van der Waals surface area contributed by atoms with E-state index in [1.807, 2.05) is 0 Å². The van der Waals surface area contributed by atoms with Gasteiger partial charge in [0.1, 0.15) is 17.7 Å². The lowest BCUT2D eigenvalue weighted by Crippen LogP contribution is -2.04. The molecule has 0 aliphatic carbocycles. The van der Waals surface area contributed by atoms with Crippen molar-refractivity contribution in [1.82, 2.24) is 0 Å². The molecule has 0 saturated heterocycles. The van der Waals surface area contributed by atoms with Gasteiger partial charge < -0.3 is 14.6 Å². The van der Waals surface area contributed by atoms with Crippen molar-refractivity contribution in [3.8, 4) is 11.5 Å². The minimum atomic E-state index is -1.30. The van der Waals surface area contributed by atoms with Gasteiger partial charge in [-0.2, -0.15) is 0 Å². The molecule has 1 unspecified atom stereocenters. The van der Waals surface area contributed by atoms with E-state index in [1.54, 1.807) is 0 Å². The van der Waals surface area contributed by atoms with Gasteiger partial charge >= 0.3 is 0 Å². The van der Waals surface area contributed by atoms with Gasteiger partial charge in [0.25, 0.3) is 0 Å². The topological polar surface area (TPSA) is 38.7 Å². The molecule has 0 radical (unpaired) electrons. The molecule has 0 bridgehead atoms. The molecule has 0 heterocycles. The third kappa shape index (κ3) is 3.09. The molecule has 3 nitrogen and oxygen atoms in total. The highest BCUT2D eigenvalue weighted by molar-refractivity contribution is 6.32. The van der Waals surface area contributed by atoms with Gasteiger partial charge in [-0.05, 0) is 23.8 Å². The third-order valence-corrected chi connectivity index (χ3v) is 3.31. The fourth-order valence-corrected chi connectivity index (χ4v) is 2.29. The number of hydrogen-bond donors (Lipinski definition) is 1. The summed E-state index contributed by atoms with van der Waals surface area (Å²) in [4.78, 5) is 0. The van der Waals surface area contributed by atoms with Crippen molar-refractivity contribution in [3.05, 3.63) is 58.1 Å². The number of halogens is 3. The Labute approximate surface area is 125 Å². The minimum absolute atomic E-state index is 0.0558. The van der Waals surface area contributed by atoms with E-state index in [1.165, 1.54) is 32.4 Å². The summed E-state index contributed by atoms with van der Waals surface area (Å²) < 4.78 is 36.8. The third-order valence-electron chi connectivity index (χ3n) is 3.03. The molecule has 21 heavy (non-hydrogen) atoms. The maximum absolute atomic E-state index is 13.7. The Balaban J connectivity index is 2.48. The predicted molar refractivity (Wildman–Crippen MR) is 75.0 cm³/mol. The highest BCUT2D eigenvalue weighted by Crippen LogP contribution is 2.39. The SMILES string of the molecule is COc1cc(C(O)c2ccc(F)cc2F)cc(Cl)c1OC.